The minimum atomic E-state index is -0.629. The molecular formula is C25H32N4O6. The van der Waals surface area contributed by atoms with Crippen molar-refractivity contribution in [3.8, 4) is 11.5 Å². The molecule has 0 unspecified atom stereocenters. The van der Waals surface area contributed by atoms with Crippen molar-refractivity contribution in [1.29, 1.82) is 0 Å². The quantitative estimate of drug-likeness (QED) is 0.359. The molecule has 2 amide bonds. The Bertz CT molecular complexity index is 1090. The highest BCUT2D eigenvalue weighted by atomic mass is 16.6. The second-order valence-corrected chi connectivity index (χ2v) is 8.81. The highest BCUT2D eigenvalue weighted by Gasteiger charge is 2.27. The molecule has 10 nitrogen and oxygen atoms in total. The molecule has 0 aliphatic heterocycles. The Balaban J connectivity index is 1.77. The lowest BCUT2D eigenvalue weighted by atomic mass is 9.78. The van der Waals surface area contributed by atoms with Crippen LogP contribution < -0.4 is 25.4 Å². The van der Waals surface area contributed by atoms with E-state index in [9.17, 15) is 19.7 Å². The Morgan fingerprint density at radius 2 is 1.77 bits per heavy atom. The lowest BCUT2D eigenvalue weighted by Crippen LogP contribution is -2.43. The van der Waals surface area contributed by atoms with E-state index in [0.29, 0.717) is 29.0 Å². The van der Waals surface area contributed by atoms with Gasteiger partial charge in [-0.15, -0.1) is 0 Å². The first kappa shape index (κ1) is 26.0. The Labute approximate surface area is 204 Å². The average Bonchev–Trinajstić information content (AvgIpc) is 2.85. The minimum absolute atomic E-state index is 0.0370. The van der Waals surface area contributed by atoms with Gasteiger partial charge in [-0.1, -0.05) is 26.7 Å². The van der Waals surface area contributed by atoms with Crippen molar-refractivity contribution >= 4 is 28.9 Å². The molecule has 188 valence electrons. The van der Waals surface area contributed by atoms with Crippen LogP contribution >= 0.6 is 0 Å². The van der Waals surface area contributed by atoms with E-state index in [1.54, 1.807) is 18.2 Å². The average molecular weight is 485 g/mol. The molecule has 35 heavy (non-hydrogen) atoms. The van der Waals surface area contributed by atoms with Crippen LogP contribution in [-0.4, -0.2) is 43.5 Å². The molecule has 2 aromatic carbocycles. The summed E-state index contributed by atoms with van der Waals surface area (Å²) >= 11 is 0. The van der Waals surface area contributed by atoms with Crippen LogP contribution in [0.15, 0.2) is 36.4 Å². The van der Waals surface area contributed by atoms with E-state index in [-0.39, 0.29) is 35.4 Å². The summed E-state index contributed by atoms with van der Waals surface area (Å²) in [6.45, 7) is 4.48. The van der Waals surface area contributed by atoms with E-state index in [4.69, 9.17) is 9.47 Å². The molecule has 0 radical (unpaired) electrons. The van der Waals surface area contributed by atoms with Gasteiger partial charge in [0.25, 0.3) is 11.6 Å². The fraction of sp³-hybridized carbons (Fsp3) is 0.440. The third kappa shape index (κ3) is 6.48. The topological polar surface area (TPSA) is 132 Å². The van der Waals surface area contributed by atoms with E-state index >= 15 is 0 Å². The van der Waals surface area contributed by atoms with Crippen LogP contribution in [0.5, 0.6) is 11.5 Å². The third-order valence-electron chi connectivity index (χ3n) is 6.62. The summed E-state index contributed by atoms with van der Waals surface area (Å²) in [5.74, 6) is 0.975. The van der Waals surface area contributed by atoms with Crippen molar-refractivity contribution in [2.75, 3.05) is 31.4 Å². The normalized spacial score (nSPS) is 19.5. The molecule has 1 aliphatic rings. The molecular weight excluding hydrogens is 452 g/mol. The molecule has 0 heterocycles. The number of non-ortho nitro benzene ring substituents is 1. The number of carbonyl (C=O) groups is 2. The van der Waals surface area contributed by atoms with Gasteiger partial charge in [0.2, 0.25) is 5.91 Å². The van der Waals surface area contributed by atoms with Gasteiger partial charge in [0.15, 0.2) is 0 Å². The van der Waals surface area contributed by atoms with Crippen LogP contribution in [0.3, 0.4) is 0 Å². The SMILES string of the molecule is COc1ccc(NC(=O)c2cc([N+](=O)[O-])ccc2NC(=O)CN[C@@H]2CCC[C@@H](C)[C@H]2C)c(OC)c1. The third-order valence-corrected chi connectivity index (χ3v) is 6.62. The van der Waals surface area contributed by atoms with Gasteiger partial charge in [-0.2, -0.15) is 0 Å². The van der Waals surface area contributed by atoms with Gasteiger partial charge in [-0.25, -0.2) is 0 Å². The number of nitro groups is 1. The molecule has 3 N–H and O–H groups in total. The number of benzene rings is 2. The summed E-state index contributed by atoms with van der Waals surface area (Å²) in [4.78, 5) is 36.5. The molecule has 1 saturated carbocycles. The molecule has 10 heteroatoms. The molecule has 0 aromatic heterocycles. The standard InChI is InChI=1S/C25H32N4O6/c1-15-6-5-7-20(16(15)2)26-14-24(30)27-21-10-8-17(29(32)33)12-19(21)25(31)28-22-11-9-18(34-3)13-23(22)35-4/h8-13,15-16,20,26H,5-7,14H2,1-4H3,(H,27,30)(H,28,31)/t15-,16-,20-/m1/s1. The molecule has 0 spiro atoms. The minimum Gasteiger partial charge on any atom is -0.497 e. The number of nitrogens with zero attached hydrogens (tertiary/aromatic N) is 1. The Morgan fingerprint density at radius 1 is 1.03 bits per heavy atom. The Kier molecular flexibility index (Phi) is 8.64. The van der Waals surface area contributed by atoms with Crippen molar-refractivity contribution in [2.45, 2.75) is 39.2 Å². The highest BCUT2D eigenvalue weighted by molar-refractivity contribution is 6.11. The number of rotatable bonds is 9. The smallest absolute Gasteiger partial charge is 0.270 e. The molecule has 1 fully saturated rings. The summed E-state index contributed by atoms with van der Waals surface area (Å²) in [5.41, 5.74) is 0.227. The van der Waals surface area contributed by atoms with E-state index in [2.05, 4.69) is 29.8 Å². The zero-order valence-electron chi connectivity index (χ0n) is 20.4. The molecule has 0 saturated heterocycles. The van der Waals surface area contributed by atoms with Crippen LogP contribution in [-0.2, 0) is 4.79 Å². The number of amides is 2. The van der Waals surface area contributed by atoms with Crippen molar-refractivity contribution in [1.82, 2.24) is 5.32 Å². The summed E-state index contributed by atoms with van der Waals surface area (Å²) in [6, 6.07) is 8.84. The van der Waals surface area contributed by atoms with Crippen LogP contribution in [0, 0.1) is 22.0 Å². The van der Waals surface area contributed by atoms with Gasteiger partial charge in [-0.3, -0.25) is 19.7 Å². The number of anilines is 2. The largest absolute Gasteiger partial charge is 0.497 e. The van der Waals surface area contributed by atoms with Gasteiger partial charge in [0.05, 0.1) is 42.6 Å². The van der Waals surface area contributed by atoms with E-state index in [1.165, 1.54) is 32.8 Å². The van der Waals surface area contributed by atoms with Crippen LogP contribution in [0.25, 0.3) is 0 Å². The summed E-state index contributed by atoms with van der Waals surface area (Å²) in [6.07, 6.45) is 3.31. The molecule has 2 aromatic rings. The van der Waals surface area contributed by atoms with Gasteiger partial charge in [0.1, 0.15) is 11.5 Å². The fourth-order valence-corrected chi connectivity index (χ4v) is 4.32. The van der Waals surface area contributed by atoms with Crippen molar-refractivity contribution in [3.63, 3.8) is 0 Å². The van der Waals surface area contributed by atoms with Crippen LogP contribution in [0.2, 0.25) is 0 Å². The van der Waals surface area contributed by atoms with Crippen molar-refractivity contribution in [2.24, 2.45) is 11.8 Å². The summed E-state index contributed by atoms with van der Waals surface area (Å²) in [5, 5.41) is 20.0. The number of nitrogens with one attached hydrogen (secondary N) is 3. The number of methoxy groups -OCH3 is 2. The summed E-state index contributed by atoms with van der Waals surface area (Å²) < 4.78 is 10.5. The summed E-state index contributed by atoms with van der Waals surface area (Å²) in [7, 11) is 2.96. The first-order chi connectivity index (χ1) is 16.7. The number of hydrogen-bond acceptors (Lipinski definition) is 7. The molecule has 3 atom stereocenters. The lowest BCUT2D eigenvalue weighted by molar-refractivity contribution is -0.384. The zero-order valence-corrected chi connectivity index (χ0v) is 20.4. The highest BCUT2D eigenvalue weighted by Crippen LogP contribution is 2.31. The zero-order chi connectivity index (χ0) is 25.5. The Hall–Kier alpha value is -3.66. The molecule has 1 aliphatic carbocycles. The lowest BCUT2D eigenvalue weighted by Gasteiger charge is -2.34. The maximum atomic E-state index is 13.1. The first-order valence-electron chi connectivity index (χ1n) is 11.6. The van der Waals surface area contributed by atoms with Crippen molar-refractivity contribution in [3.05, 3.63) is 52.1 Å². The number of ether oxygens (including phenoxy) is 2. The molecule has 3 rings (SSSR count). The van der Waals surface area contributed by atoms with Crippen LogP contribution in [0.1, 0.15) is 43.5 Å². The van der Waals surface area contributed by atoms with Gasteiger partial charge < -0.3 is 25.4 Å². The van der Waals surface area contributed by atoms with E-state index < -0.39 is 10.8 Å². The van der Waals surface area contributed by atoms with E-state index in [1.807, 2.05) is 0 Å². The second-order valence-electron chi connectivity index (χ2n) is 8.81. The molecule has 0 bridgehead atoms. The maximum absolute atomic E-state index is 13.1. The number of nitro benzene ring substituents is 1. The fourth-order valence-electron chi connectivity index (χ4n) is 4.32. The van der Waals surface area contributed by atoms with Gasteiger partial charge >= 0.3 is 0 Å². The maximum Gasteiger partial charge on any atom is 0.270 e. The van der Waals surface area contributed by atoms with Gasteiger partial charge in [0, 0.05) is 24.2 Å². The number of carbonyl (C=O) groups excluding carboxylic acids is 2. The van der Waals surface area contributed by atoms with Gasteiger partial charge in [-0.05, 0) is 36.5 Å². The predicted molar refractivity (Wildman–Crippen MR) is 133 cm³/mol. The predicted octanol–water partition coefficient (Wildman–Crippen LogP) is 4.22. The number of hydrogen-bond donors (Lipinski definition) is 3. The Morgan fingerprint density at radius 3 is 2.46 bits per heavy atom. The monoisotopic (exact) mass is 484 g/mol. The first-order valence-corrected chi connectivity index (χ1v) is 11.6. The van der Waals surface area contributed by atoms with Crippen molar-refractivity contribution < 1.29 is 24.0 Å². The van der Waals surface area contributed by atoms with E-state index in [0.717, 1.165) is 18.9 Å². The second kappa shape index (κ2) is 11.7. The van der Waals surface area contributed by atoms with Crippen LogP contribution in [0.4, 0.5) is 17.1 Å².